The zero-order valence-corrected chi connectivity index (χ0v) is 11.8. The molecule has 0 atom stereocenters. The summed E-state index contributed by atoms with van der Waals surface area (Å²) in [6.07, 6.45) is 3.58. The van der Waals surface area contributed by atoms with Gasteiger partial charge >= 0.3 is 6.03 Å². The number of rotatable bonds is 4. The van der Waals surface area contributed by atoms with E-state index in [1.165, 1.54) is 17.7 Å². The maximum atomic E-state index is 12.3. The van der Waals surface area contributed by atoms with Gasteiger partial charge in [0, 0.05) is 24.5 Å². The van der Waals surface area contributed by atoms with Gasteiger partial charge in [0.2, 0.25) is 0 Å². The largest absolute Gasteiger partial charge is 0.326 e. The Bertz CT molecular complexity index is 467. The minimum absolute atomic E-state index is 0.151. The Kier molecular flexibility index (Phi) is 3.01. The molecular weight excluding hydrogens is 246 g/mol. The Morgan fingerprint density at radius 1 is 1.39 bits per heavy atom. The van der Waals surface area contributed by atoms with Gasteiger partial charge in [-0.05, 0) is 32.1 Å². The molecule has 0 spiro atoms. The van der Waals surface area contributed by atoms with Crippen molar-refractivity contribution < 1.29 is 4.79 Å². The highest BCUT2D eigenvalue weighted by atomic mass is 32.1. The van der Waals surface area contributed by atoms with Crippen LogP contribution in [-0.4, -0.2) is 35.5 Å². The van der Waals surface area contributed by atoms with Crippen LogP contribution in [-0.2, 0) is 6.42 Å². The van der Waals surface area contributed by atoms with Gasteiger partial charge in [-0.15, -0.1) is 11.3 Å². The average molecular weight is 265 g/mol. The summed E-state index contributed by atoms with van der Waals surface area (Å²) in [5.41, 5.74) is 1.07. The normalized spacial score (nSPS) is 20.0. The zero-order valence-electron chi connectivity index (χ0n) is 11.0. The SMILES string of the molecule is CCc1sc(N2CCN(CC3CC3)C2=O)nc1C. The molecule has 98 valence electrons. The van der Waals surface area contributed by atoms with E-state index in [9.17, 15) is 4.79 Å². The number of aromatic nitrogens is 1. The van der Waals surface area contributed by atoms with Crippen LogP contribution in [0.2, 0.25) is 0 Å². The second-order valence-electron chi connectivity index (χ2n) is 5.18. The number of urea groups is 1. The van der Waals surface area contributed by atoms with Crippen molar-refractivity contribution in [3.8, 4) is 0 Å². The van der Waals surface area contributed by atoms with Gasteiger partial charge in [0.05, 0.1) is 5.69 Å². The highest BCUT2D eigenvalue weighted by molar-refractivity contribution is 7.15. The molecule has 0 bridgehead atoms. The third-order valence-corrected chi connectivity index (χ3v) is 5.03. The topological polar surface area (TPSA) is 36.4 Å². The lowest BCUT2D eigenvalue weighted by Gasteiger charge is -2.16. The molecule has 1 aliphatic carbocycles. The van der Waals surface area contributed by atoms with Crippen molar-refractivity contribution >= 4 is 22.5 Å². The molecule has 0 unspecified atom stereocenters. The lowest BCUT2D eigenvalue weighted by molar-refractivity contribution is 0.218. The summed E-state index contributed by atoms with van der Waals surface area (Å²) < 4.78 is 0. The van der Waals surface area contributed by atoms with Crippen LogP contribution in [0.15, 0.2) is 0 Å². The molecule has 0 N–H and O–H groups in total. The number of hydrogen-bond donors (Lipinski definition) is 0. The van der Waals surface area contributed by atoms with Crippen molar-refractivity contribution in [2.75, 3.05) is 24.5 Å². The highest BCUT2D eigenvalue weighted by Crippen LogP contribution is 2.33. The molecule has 2 amide bonds. The van der Waals surface area contributed by atoms with Crippen molar-refractivity contribution in [2.45, 2.75) is 33.1 Å². The minimum Gasteiger partial charge on any atom is -0.322 e. The first-order valence-corrected chi connectivity index (χ1v) is 7.53. The molecule has 18 heavy (non-hydrogen) atoms. The van der Waals surface area contributed by atoms with E-state index >= 15 is 0 Å². The number of carbonyl (C=O) groups excluding carboxylic acids is 1. The van der Waals surface area contributed by atoms with Crippen LogP contribution < -0.4 is 4.90 Å². The number of aryl methyl sites for hydroxylation is 2. The van der Waals surface area contributed by atoms with Crippen molar-refractivity contribution in [3.05, 3.63) is 10.6 Å². The van der Waals surface area contributed by atoms with Crippen molar-refractivity contribution in [1.82, 2.24) is 9.88 Å². The third-order valence-electron chi connectivity index (χ3n) is 3.70. The summed E-state index contributed by atoms with van der Waals surface area (Å²) >= 11 is 1.66. The molecule has 5 heteroatoms. The van der Waals surface area contributed by atoms with Gasteiger partial charge in [0.1, 0.15) is 0 Å². The van der Waals surface area contributed by atoms with Crippen molar-refractivity contribution in [3.63, 3.8) is 0 Å². The Labute approximate surface area is 112 Å². The van der Waals surface area contributed by atoms with Gasteiger partial charge in [0.25, 0.3) is 0 Å². The first-order chi connectivity index (χ1) is 8.69. The fourth-order valence-electron chi connectivity index (χ4n) is 2.40. The van der Waals surface area contributed by atoms with Gasteiger partial charge in [-0.25, -0.2) is 9.78 Å². The minimum atomic E-state index is 0.151. The van der Waals surface area contributed by atoms with Crippen LogP contribution in [0.3, 0.4) is 0 Å². The van der Waals surface area contributed by atoms with Gasteiger partial charge in [0.15, 0.2) is 5.13 Å². The predicted octanol–water partition coefficient (Wildman–Crippen LogP) is 2.67. The Hall–Kier alpha value is -1.10. The summed E-state index contributed by atoms with van der Waals surface area (Å²) in [6, 6.07) is 0.151. The summed E-state index contributed by atoms with van der Waals surface area (Å²) in [5, 5.41) is 0.882. The zero-order chi connectivity index (χ0) is 12.7. The second-order valence-corrected chi connectivity index (χ2v) is 6.24. The molecule has 2 heterocycles. The molecule has 1 saturated carbocycles. The number of hydrogen-bond acceptors (Lipinski definition) is 3. The van der Waals surface area contributed by atoms with E-state index < -0.39 is 0 Å². The predicted molar refractivity (Wildman–Crippen MR) is 73.3 cm³/mol. The fourth-order valence-corrected chi connectivity index (χ4v) is 3.42. The van der Waals surface area contributed by atoms with E-state index in [0.29, 0.717) is 0 Å². The molecule has 1 aromatic heterocycles. The van der Waals surface area contributed by atoms with Crippen molar-refractivity contribution in [2.24, 2.45) is 5.92 Å². The van der Waals surface area contributed by atoms with Gasteiger partial charge < -0.3 is 4.90 Å². The van der Waals surface area contributed by atoms with E-state index in [2.05, 4.69) is 11.9 Å². The summed E-state index contributed by atoms with van der Waals surface area (Å²) in [4.78, 5) is 22.0. The standard InChI is InChI=1S/C13H19N3OS/c1-3-11-9(2)14-12(18-11)16-7-6-15(13(16)17)8-10-4-5-10/h10H,3-8H2,1-2H3. The molecule has 0 aromatic carbocycles. The summed E-state index contributed by atoms with van der Waals surface area (Å²) in [5.74, 6) is 0.762. The van der Waals surface area contributed by atoms with Gasteiger partial charge in [-0.2, -0.15) is 0 Å². The third kappa shape index (κ3) is 2.11. The van der Waals surface area contributed by atoms with Crippen LogP contribution in [0.4, 0.5) is 9.93 Å². The lowest BCUT2D eigenvalue weighted by atomic mass is 10.3. The van der Waals surface area contributed by atoms with E-state index in [4.69, 9.17) is 0 Å². The van der Waals surface area contributed by atoms with Crippen LogP contribution in [0.5, 0.6) is 0 Å². The Morgan fingerprint density at radius 2 is 2.17 bits per heavy atom. The Balaban J connectivity index is 1.73. The summed E-state index contributed by atoms with van der Waals surface area (Å²) in [6.45, 7) is 6.76. The van der Waals surface area contributed by atoms with Crippen LogP contribution in [0.25, 0.3) is 0 Å². The summed E-state index contributed by atoms with van der Waals surface area (Å²) in [7, 11) is 0. The monoisotopic (exact) mass is 265 g/mol. The fraction of sp³-hybridized carbons (Fsp3) is 0.692. The van der Waals surface area contributed by atoms with E-state index in [-0.39, 0.29) is 6.03 Å². The molecule has 2 fully saturated rings. The van der Waals surface area contributed by atoms with Gasteiger partial charge in [-0.3, -0.25) is 4.90 Å². The maximum absolute atomic E-state index is 12.3. The van der Waals surface area contributed by atoms with Crippen molar-refractivity contribution in [1.29, 1.82) is 0 Å². The number of carbonyl (C=O) groups is 1. The van der Waals surface area contributed by atoms with E-state index in [1.54, 1.807) is 11.3 Å². The van der Waals surface area contributed by atoms with Crippen LogP contribution >= 0.6 is 11.3 Å². The molecule has 1 saturated heterocycles. The smallest absolute Gasteiger partial charge is 0.322 e. The molecular formula is C13H19N3OS. The average Bonchev–Trinajstić information content (AvgIpc) is 2.99. The number of nitrogens with zero attached hydrogens (tertiary/aromatic N) is 3. The van der Waals surface area contributed by atoms with Crippen LogP contribution in [0.1, 0.15) is 30.3 Å². The number of thiazole rings is 1. The lowest BCUT2D eigenvalue weighted by Crippen LogP contribution is -2.33. The molecule has 1 aromatic rings. The Morgan fingerprint density at radius 3 is 2.78 bits per heavy atom. The quantitative estimate of drug-likeness (QED) is 0.839. The van der Waals surface area contributed by atoms with E-state index in [0.717, 1.165) is 42.8 Å². The first kappa shape index (κ1) is 12.0. The molecule has 4 nitrogen and oxygen atoms in total. The second kappa shape index (κ2) is 4.53. The van der Waals surface area contributed by atoms with Gasteiger partial charge in [-0.1, -0.05) is 6.92 Å². The molecule has 2 aliphatic rings. The first-order valence-electron chi connectivity index (χ1n) is 6.71. The number of amides is 2. The maximum Gasteiger partial charge on any atom is 0.326 e. The number of anilines is 1. The molecule has 1 aliphatic heterocycles. The molecule has 3 rings (SSSR count). The molecule has 0 radical (unpaired) electrons. The van der Waals surface area contributed by atoms with E-state index in [1.807, 2.05) is 16.7 Å². The van der Waals surface area contributed by atoms with Crippen LogP contribution in [0, 0.1) is 12.8 Å². The highest BCUT2D eigenvalue weighted by Gasteiger charge is 2.35.